The number of aryl methyl sites for hydroxylation is 1. The summed E-state index contributed by atoms with van der Waals surface area (Å²) in [6.07, 6.45) is 1.02. The van der Waals surface area contributed by atoms with E-state index in [1.807, 2.05) is 31.1 Å². The van der Waals surface area contributed by atoms with Gasteiger partial charge in [0, 0.05) is 13.1 Å². The lowest BCUT2D eigenvalue weighted by atomic mass is 10.2. The van der Waals surface area contributed by atoms with E-state index in [-0.39, 0.29) is 6.03 Å². The largest absolute Gasteiger partial charge is 0.492 e. The highest BCUT2D eigenvalue weighted by Crippen LogP contribution is 2.11. The van der Waals surface area contributed by atoms with Gasteiger partial charge in [-0.15, -0.1) is 0 Å². The van der Waals surface area contributed by atoms with E-state index in [2.05, 4.69) is 29.7 Å². The van der Waals surface area contributed by atoms with Crippen molar-refractivity contribution in [1.29, 1.82) is 0 Å². The minimum absolute atomic E-state index is 0.156. The molecule has 1 aromatic carbocycles. The molecule has 0 bridgehead atoms. The molecule has 5 heteroatoms. The summed E-state index contributed by atoms with van der Waals surface area (Å²) < 4.78 is 5.55. The van der Waals surface area contributed by atoms with Crippen LogP contribution in [0.3, 0.4) is 0 Å². The van der Waals surface area contributed by atoms with E-state index in [0.29, 0.717) is 19.7 Å². The van der Waals surface area contributed by atoms with Gasteiger partial charge in [0.2, 0.25) is 0 Å². The van der Waals surface area contributed by atoms with Crippen LogP contribution in [-0.2, 0) is 6.42 Å². The summed E-state index contributed by atoms with van der Waals surface area (Å²) in [5.74, 6) is 0.831. The fourth-order valence-electron chi connectivity index (χ4n) is 1.61. The molecule has 0 spiro atoms. The Kier molecular flexibility index (Phi) is 7.50. The van der Waals surface area contributed by atoms with E-state index in [1.54, 1.807) is 0 Å². The maximum Gasteiger partial charge on any atom is 0.314 e. The Labute approximate surface area is 121 Å². The van der Waals surface area contributed by atoms with Gasteiger partial charge in [-0.05, 0) is 38.2 Å². The van der Waals surface area contributed by atoms with Crippen molar-refractivity contribution >= 4 is 6.03 Å². The van der Waals surface area contributed by atoms with Gasteiger partial charge in [-0.3, -0.25) is 0 Å². The van der Waals surface area contributed by atoms with Gasteiger partial charge in [0.25, 0.3) is 0 Å². The van der Waals surface area contributed by atoms with E-state index in [0.717, 1.165) is 18.7 Å². The van der Waals surface area contributed by atoms with Gasteiger partial charge < -0.3 is 20.3 Å². The Bertz CT molecular complexity index is 391. The lowest BCUT2D eigenvalue weighted by molar-refractivity contribution is 0.235. The topological polar surface area (TPSA) is 53.6 Å². The Hall–Kier alpha value is -1.75. The van der Waals surface area contributed by atoms with Gasteiger partial charge in [0.15, 0.2) is 0 Å². The number of hydrogen-bond donors (Lipinski definition) is 2. The molecule has 2 N–H and O–H groups in total. The predicted molar refractivity (Wildman–Crippen MR) is 81.3 cm³/mol. The monoisotopic (exact) mass is 279 g/mol. The molecule has 0 radical (unpaired) electrons. The predicted octanol–water partition coefficient (Wildman–Crippen LogP) is 1.49. The summed E-state index contributed by atoms with van der Waals surface area (Å²) in [5, 5.41) is 5.54. The maximum absolute atomic E-state index is 11.4. The molecule has 0 aliphatic rings. The number of hydrogen-bond acceptors (Lipinski definition) is 3. The van der Waals surface area contributed by atoms with Crippen molar-refractivity contribution in [2.24, 2.45) is 0 Å². The van der Waals surface area contributed by atoms with Crippen LogP contribution in [0, 0.1) is 0 Å². The number of urea groups is 1. The second-order valence-corrected chi connectivity index (χ2v) is 4.83. The molecular weight excluding hydrogens is 254 g/mol. The first-order valence-corrected chi connectivity index (χ1v) is 7.00. The van der Waals surface area contributed by atoms with E-state index < -0.39 is 0 Å². The van der Waals surface area contributed by atoms with E-state index in [1.165, 1.54) is 5.56 Å². The first-order valence-electron chi connectivity index (χ1n) is 7.00. The Morgan fingerprint density at radius 2 is 1.80 bits per heavy atom. The Morgan fingerprint density at radius 1 is 1.15 bits per heavy atom. The van der Waals surface area contributed by atoms with Gasteiger partial charge in [0.05, 0.1) is 6.54 Å². The number of benzene rings is 1. The van der Waals surface area contributed by atoms with Crippen LogP contribution in [0.15, 0.2) is 24.3 Å². The molecule has 0 atom stereocenters. The minimum Gasteiger partial charge on any atom is -0.492 e. The molecule has 0 fully saturated rings. The fourth-order valence-corrected chi connectivity index (χ4v) is 1.61. The summed E-state index contributed by atoms with van der Waals surface area (Å²) >= 11 is 0. The van der Waals surface area contributed by atoms with Crippen LogP contribution in [0.2, 0.25) is 0 Å². The molecular formula is C15H25N3O2. The van der Waals surface area contributed by atoms with Crippen molar-refractivity contribution in [2.45, 2.75) is 13.3 Å². The molecule has 0 saturated heterocycles. The van der Waals surface area contributed by atoms with Crippen molar-refractivity contribution in [1.82, 2.24) is 15.5 Å². The molecule has 112 valence electrons. The quantitative estimate of drug-likeness (QED) is 0.709. The van der Waals surface area contributed by atoms with Crippen LogP contribution < -0.4 is 15.4 Å². The van der Waals surface area contributed by atoms with Crippen LogP contribution in [0.25, 0.3) is 0 Å². The highest BCUT2D eigenvalue weighted by molar-refractivity contribution is 5.73. The van der Waals surface area contributed by atoms with E-state index >= 15 is 0 Å². The number of nitrogens with one attached hydrogen (secondary N) is 2. The average molecular weight is 279 g/mol. The van der Waals surface area contributed by atoms with Crippen LogP contribution >= 0.6 is 0 Å². The molecule has 1 rings (SSSR count). The maximum atomic E-state index is 11.4. The zero-order valence-corrected chi connectivity index (χ0v) is 12.6. The smallest absolute Gasteiger partial charge is 0.314 e. The van der Waals surface area contributed by atoms with Gasteiger partial charge in [0.1, 0.15) is 12.4 Å². The Balaban J connectivity index is 2.10. The zero-order chi connectivity index (χ0) is 14.8. The second kappa shape index (κ2) is 9.20. The van der Waals surface area contributed by atoms with Crippen LogP contribution in [0.5, 0.6) is 5.75 Å². The standard InChI is InChI=1S/C15H25N3O2/c1-4-13-5-7-14(8-6-13)20-12-10-17-15(19)16-9-11-18(2)3/h5-8H,4,9-12H2,1-3H3,(H2,16,17,19). The molecule has 0 heterocycles. The summed E-state index contributed by atoms with van der Waals surface area (Å²) in [6.45, 7) is 4.54. The van der Waals surface area contributed by atoms with Gasteiger partial charge in [-0.1, -0.05) is 19.1 Å². The van der Waals surface area contributed by atoms with Crippen molar-refractivity contribution in [2.75, 3.05) is 40.3 Å². The molecule has 0 aliphatic heterocycles. The number of ether oxygens (including phenoxy) is 1. The van der Waals surface area contributed by atoms with Crippen LogP contribution in [0.1, 0.15) is 12.5 Å². The number of carbonyl (C=O) groups is 1. The summed E-state index contributed by atoms with van der Waals surface area (Å²) in [5.41, 5.74) is 1.29. The van der Waals surface area contributed by atoms with E-state index in [4.69, 9.17) is 4.74 Å². The number of rotatable bonds is 8. The molecule has 1 aromatic rings. The van der Waals surface area contributed by atoms with Crippen molar-refractivity contribution < 1.29 is 9.53 Å². The lowest BCUT2D eigenvalue weighted by Gasteiger charge is -2.11. The van der Waals surface area contributed by atoms with Crippen molar-refractivity contribution in [3.05, 3.63) is 29.8 Å². The normalized spacial score (nSPS) is 10.4. The first-order chi connectivity index (χ1) is 9.61. The SMILES string of the molecule is CCc1ccc(OCCNC(=O)NCCN(C)C)cc1. The number of likely N-dealkylation sites (N-methyl/N-ethyl adjacent to an activating group) is 1. The van der Waals surface area contributed by atoms with Crippen LogP contribution in [-0.4, -0.2) is 51.3 Å². The molecule has 5 nitrogen and oxygen atoms in total. The van der Waals surface area contributed by atoms with Crippen molar-refractivity contribution in [3.63, 3.8) is 0 Å². The summed E-state index contributed by atoms with van der Waals surface area (Å²) in [7, 11) is 3.94. The highest BCUT2D eigenvalue weighted by Gasteiger charge is 1.99. The molecule has 20 heavy (non-hydrogen) atoms. The lowest BCUT2D eigenvalue weighted by Crippen LogP contribution is -2.40. The summed E-state index contributed by atoms with van der Waals surface area (Å²) in [4.78, 5) is 13.4. The first kappa shape index (κ1) is 16.3. The fraction of sp³-hybridized carbons (Fsp3) is 0.533. The number of nitrogens with zero attached hydrogens (tertiary/aromatic N) is 1. The van der Waals surface area contributed by atoms with Gasteiger partial charge in [-0.25, -0.2) is 4.79 Å². The third kappa shape index (κ3) is 6.99. The number of amides is 2. The van der Waals surface area contributed by atoms with E-state index in [9.17, 15) is 4.79 Å². The molecule has 0 aromatic heterocycles. The summed E-state index contributed by atoms with van der Waals surface area (Å²) in [6, 6.07) is 7.86. The van der Waals surface area contributed by atoms with Crippen LogP contribution in [0.4, 0.5) is 4.79 Å². The van der Waals surface area contributed by atoms with Crippen molar-refractivity contribution in [3.8, 4) is 5.75 Å². The minimum atomic E-state index is -0.156. The Morgan fingerprint density at radius 3 is 2.40 bits per heavy atom. The molecule has 0 saturated carbocycles. The second-order valence-electron chi connectivity index (χ2n) is 4.83. The third-order valence-corrected chi connectivity index (χ3v) is 2.83. The third-order valence-electron chi connectivity index (χ3n) is 2.83. The molecule has 2 amide bonds. The average Bonchev–Trinajstić information content (AvgIpc) is 2.44. The highest BCUT2D eigenvalue weighted by atomic mass is 16.5. The molecule has 0 aliphatic carbocycles. The molecule has 0 unspecified atom stereocenters. The number of carbonyl (C=O) groups excluding carboxylic acids is 1. The van der Waals surface area contributed by atoms with Gasteiger partial charge >= 0.3 is 6.03 Å². The van der Waals surface area contributed by atoms with Gasteiger partial charge in [-0.2, -0.15) is 0 Å². The zero-order valence-electron chi connectivity index (χ0n) is 12.6.